The molecule has 32 heavy (non-hydrogen) atoms. The van der Waals surface area contributed by atoms with Crippen LogP contribution < -0.4 is 10.6 Å². The molecule has 0 saturated heterocycles. The second-order valence-electron chi connectivity index (χ2n) is 7.37. The summed E-state index contributed by atoms with van der Waals surface area (Å²) >= 11 is 12.5. The van der Waals surface area contributed by atoms with E-state index in [2.05, 4.69) is 49.9 Å². The summed E-state index contributed by atoms with van der Waals surface area (Å²) < 4.78 is 0. The third kappa shape index (κ3) is 5.62. The van der Waals surface area contributed by atoms with Crippen molar-refractivity contribution in [3.63, 3.8) is 0 Å². The number of hydrogen-bond donors (Lipinski definition) is 2. The van der Waals surface area contributed by atoms with Crippen LogP contribution in [0.3, 0.4) is 0 Å². The van der Waals surface area contributed by atoms with E-state index in [0.717, 1.165) is 6.54 Å². The van der Waals surface area contributed by atoms with Crippen LogP contribution in [0, 0.1) is 6.92 Å². The molecule has 0 spiro atoms. The van der Waals surface area contributed by atoms with Crippen molar-refractivity contribution in [1.29, 1.82) is 0 Å². The maximum absolute atomic E-state index is 6.53. The molecule has 0 aliphatic rings. The number of nitrogens with zero attached hydrogens (tertiary/aromatic N) is 3. The lowest BCUT2D eigenvalue weighted by Gasteiger charge is -2.21. The van der Waals surface area contributed by atoms with Crippen molar-refractivity contribution in [3.05, 3.63) is 106 Å². The summed E-state index contributed by atoms with van der Waals surface area (Å²) in [6.45, 7) is 3.20. The van der Waals surface area contributed by atoms with Crippen molar-refractivity contribution < 1.29 is 0 Å². The molecule has 4 rings (SSSR count). The van der Waals surface area contributed by atoms with Gasteiger partial charge in [0.05, 0.1) is 10.7 Å². The molecule has 2 aromatic carbocycles. The summed E-state index contributed by atoms with van der Waals surface area (Å²) in [5, 5.41) is 8.10. The van der Waals surface area contributed by atoms with Crippen molar-refractivity contribution in [2.75, 3.05) is 11.9 Å². The van der Waals surface area contributed by atoms with Crippen molar-refractivity contribution >= 4 is 29.0 Å². The number of pyridine rings is 1. The first-order valence-electron chi connectivity index (χ1n) is 10.3. The molecule has 0 bridgehead atoms. The topological polar surface area (TPSA) is 62.7 Å². The van der Waals surface area contributed by atoms with E-state index >= 15 is 0 Å². The van der Waals surface area contributed by atoms with Crippen molar-refractivity contribution in [2.24, 2.45) is 0 Å². The Morgan fingerprint density at radius 3 is 2.28 bits per heavy atom. The van der Waals surface area contributed by atoms with E-state index in [4.69, 9.17) is 23.2 Å². The van der Waals surface area contributed by atoms with Gasteiger partial charge in [0.15, 0.2) is 5.82 Å². The molecule has 0 radical (unpaired) electrons. The van der Waals surface area contributed by atoms with Crippen LogP contribution in [0.25, 0.3) is 11.5 Å². The lowest BCUT2D eigenvalue weighted by atomic mass is 10.1. The van der Waals surface area contributed by atoms with Gasteiger partial charge in [-0.1, -0.05) is 83.9 Å². The van der Waals surface area contributed by atoms with Gasteiger partial charge in [-0.3, -0.25) is 4.98 Å². The molecule has 0 aliphatic carbocycles. The van der Waals surface area contributed by atoms with Crippen LogP contribution in [0.15, 0.2) is 79.0 Å². The summed E-state index contributed by atoms with van der Waals surface area (Å²) in [6, 6.07) is 24.3. The number of halogens is 2. The van der Waals surface area contributed by atoms with Gasteiger partial charge >= 0.3 is 0 Å². The molecule has 2 aromatic heterocycles. The second kappa shape index (κ2) is 10.6. The predicted octanol–water partition coefficient (Wildman–Crippen LogP) is 6.10. The van der Waals surface area contributed by atoms with Crippen molar-refractivity contribution in [3.8, 4) is 11.5 Å². The molecular formula is C25H23Cl2N5. The Hall–Kier alpha value is -2.99. The van der Waals surface area contributed by atoms with Crippen molar-refractivity contribution in [2.45, 2.75) is 19.5 Å². The van der Waals surface area contributed by atoms with Crippen LogP contribution in [-0.4, -0.2) is 21.5 Å². The van der Waals surface area contributed by atoms with Gasteiger partial charge < -0.3 is 10.6 Å². The summed E-state index contributed by atoms with van der Waals surface area (Å²) in [6.07, 6.45) is 1.58. The molecule has 2 N–H and O–H groups in total. The minimum atomic E-state index is 0.0554. The number of anilines is 1. The van der Waals surface area contributed by atoms with E-state index < -0.39 is 0 Å². The number of hydrogen-bond acceptors (Lipinski definition) is 5. The fourth-order valence-electron chi connectivity index (χ4n) is 3.33. The normalized spacial score (nSPS) is 11.8. The van der Waals surface area contributed by atoms with Gasteiger partial charge in [-0.2, -0.15) is 0 Å². The Kier molecular flexibility index (Phi) is 7.32. The zero-order valence-corrected chi connectivity index (χ0v) is 19.1. The van der Waals surface area contributed by atoms with Gasteiger partial charge in [0, 0.05) is 25.3 Å². The monoisotopic (exact) mass is 463 g/mol. The highest BCUT2D eigenvalue weighted by molar-refractivity contribution is 6.33. The lowest BCUT2D eigenvalue weighted by Crippen LogP contribution is -2.28. The number of nitrogens with one attached hydrogen (secondary N) is 2. The molecule has 162 valence electrons. The van der Waals surface area contributed by atoms with E-state index in [1.807, 2.05) is 43.3 Å². The third-order valence-electron chi connectivity index (χ3n) is 5.04. The highest BCUT2D eigenvalue weighted by Crippen LogP contribution is 2.27. The predicted molar refractivity (Wildman–Crippen MR) is 131 cm³/mol. The summed E-state index contributed by atoms with van der Waals surface area (Å²) in [5.41, 5.74) is 3.72. The van der Waals surface area contributed by atoms with Gasteiger partial charge in [-0.15, -0.1) is 0 Å². The smallest absolute Gasteiger partial charge is 0.180 e. The molecule has 4 aromatic rings. The quantitative estimate of drug-likeness (QED) is 0.330. The Labute approximate surface area is 197 Å². The van der Waals surface area contributed by atoms with Gasteiger partial charge in [-0.05, 0) is 30.2 Å². The van der Waals surface area contributed by atoms with Gasteiger partial charge in [0.1, 0.15) is 16.5 Å². The average molecular weight is 464 g/mol. The summed E-state index contributed by atoms with van der Waals surface area (Å²) in [7, 11) is 0. The zero-order chi connectivity index (χ0) is 22.3. The fourth-order valence-corrected chi connectivity index (χ4v) is 3.59. The van der Waals surface area contributed by atoms with Gasteiger partial charge in [-0.25, -0.2) is 9.97 Å². The molecule has 2 heterocycles. The number of aryl methyl sites for hydroxylation is 1. The first-order chi connectivity index (χ1) is 15.6. The van der Waals surface area contributed by atoms with Crippen LogP contribution in [-0.2, 0) is 6.54 Å². The fraction of sp³-hybridized carbons (Fsp3) is 0.160. The number of aromatic nitrogens is 3. The van der Waals surface area contributed by atoms with Crippen LogP contribution in [0.4, 0.5) is 5.82 Å². The maximum atomic E-state index is 6.53. The van der Waals surface area contributed by atoms with Crippen LogP contribution in [0.5, 0.6) is 0 Å². The van der Waals surface area contributed by atoms with E-state index in [9.17, 15) is 0 Å². The Bertz CT molecular complexity index is 1150. The largest absolute Gasteiger partial charge is 0.367 e. The highest BCUT2D eigenvalue weighted by Gasteiger charge is 2.15. The number of benzene rings is 2. The van der Waals surface area contributed by atoms with E-state index in [1.165, 1.54) is 11.1 Å². The first kappa shape index (κ1) is 22.2. The lowest BCUT2D eigenvalue weighted by molar-refractivity contribution is 0.553. The number of rotatable bonds is 8. The Balaban J connectivity index is 1.55. The van der Waals surface area contributed by atoms with Crippen molar-refractivity contribution in [1.82, 2.24) is 20.3 Å². The van der Waals surface area contributed by atoms with E-state index in [0.29, 0.717) is 39.6 Å². The molecule has 0 amide bonds. The third-order valence-corrected chi connectivity index (χ3v) is 5.72. The molecule has 5 nitrogen and oxygen atoms in total. The first-order valence-corrected chi connectivity index (χ1v) is 11.1. The molecule has 0 saturated carbocycles. The standard InChI is InChI=1S/C25H23Cl2N5/c1-17-23(27)25(32-24(31-17)21-13-12-20(26)15-29-21)30-16-22(19-10-6-3-7-11-19)28-14-18-8-4-2-5-9-18/h2-13,15,22,28H,14,16H2,1H3,(H,30,31,32)/t22-/m0/s1. The van der Waals surface area contributed by atoms with E-state index in [-0.39, 0.29) is 6.04 Å². The molecule has 0 aliphatic heterocycles. The minimum Gasteiger partial charge on any atom is -0.367 e. The SMILES string of the molecule is Cc1nc(-c2ccc(Cl)cn2)nc(NC[C@H](NCc2ccccc2)c2ccccc2)c1Cl. The summed E-state index contributed by atoms with van der Waals surface area (Å²) in [5.74, 6) is 1.08. The highest BCUT2D eigenvalue weighted by atomic mass is 35.5. The molecular weight excluding hydrogens is 441 g/mol. The van der Waals surface area contributed by atoms with E-state index in [1.54, 1.807) is 18.3 Å². The average Bonchev–Trinajstić information content (AvgIpc) is 2.83. The van der Waals surface area contributed by atoms with Crippen LogP contribution in [0.1, 0.15) is 22.9 Å². The minimum absolute atomic E-state index is 0.0554. The second-order valence-corrected chi connectivity index (χ2v) is 8.18. The Morgan fingerprint density at radius 1 is 0.875 bits per heavy atom. The van der Waals surface area contributed by atoms with Gasteiger partial charge in [0.2, 0.25) is 0 Å². The zero-order valence-electron chi connectivity index (χ0n) is 17.6. The maximum Gasteiger partial charge on any atom is 0.180 e. The van der Waals surface area contributed by atoms with Gasteiger partial charge in [0.25, 0.3) is 0 Å². The molecule has 0 fully saturated rings. The molecule has 0 unspecified atom stereocenters. The van der Waals surface area contributed by atoms with Crippen LogP contribution >= 0.6 is 23.2 Å². The molecule has 1 atom stereocenters. The molecule has 7 heteroatoms. The summed E-state index contributed by atoms with van der Waals surface area (Å²) in [4.78, 5) is 13.4. The van der Waals surface area contributed by atoms with Crippen LogP contribution in [0.2, 0.25) is 10.0 Å². The Morgan fingerprint density at radius 2 is 1.59 bits per heavy atom.